The maximum absolute atomic E-state index is 13.6. The number of pyridine rings is 1. The van der Waals surface area contributed by atoms with Crippen LogP contribution in [0.25, 0.3) is 17.2 Å². The predicted octanol–water partition coefficient (Wildman–Crippen LogP) is 1.40. The van der Waals surface area contributed by atoms with E-state index in [-0.39, 0.29) is 29.2 Å². The van der Waals surface area contributed by atoms with Crippen LogP contribution in [0.2, 0.25) is 0 Å². The summed E-state index contributed by atoms with van der Waals surface area (Å²) in [5.74, 6) is 0.753. The number of rotatable bonds is 11. The third kappa shape index (κ3) is 5.08. The number of methoxy groups -OCH3 is 4. The summed E-state index contributed by atoms with van der Waals surface area (Å²) in [6.07, 6.45) is 3.54. The van der Waals surface area contributed by atoms with E-state index in [0.717, 1.165) is 0 Å². The van der Waals surface area contributed by atoms with Crippen molar-refractivity contribution in [3.63, 3.8) is 0 Å². The van der Waals surface area contributed by atoms with E-state index in [1.807, 2.05) is 0 Å². The molecule has 0 spiro atoms. The van der Waals surface area contributed by atoms with E-state index in [4.69, 9.17) is 18.9 Å². The Morgan fingerprint density at radius 3 is 2.18 bits per heavy atom. The molecule has 0 radical (unpaired) electrons. The Hall–Kier alpha value is -4.31. The zero-order chi connectivity index (χ0) is 27.4. The molecule has 0 aliphatic carbocycles. The molecule has 0 aliphatic rings. The second-order valence-electron chi connectivity index (χ2n) is 7.93. The maximum atomic E-state index is 13.6. The molecule has 0 saturated carbocycles. The molecule has 1 N–H and O–H groups in total. The van der Waals surface area contributed by atoms with Crippen molar-refractivity contribution < 1.29 is 27.4 Å². The summed E-state index contributed by atoms with van der Waals surface area (Å²) in [7, 11) is 3.33. The van der Waals surface area contributed by atoms with Crippen molar-refractivity contribution in [3.05, 3.63) is 42.6 Å². The summed E-state index contributed by atoms with van der Waals surface area (Å²) in [6, 6.07) is 5.00. The van der Waals surface area contributed by atoms with Gasteiger partial charge in [0, 0.05) is 20.4 Å². The molecule has 202 valence electrons. The van der Waals surface area contributed by atoms with Crippen LogP contribution in [0.4, 0.5) is 5.95 Å². The fraction of sp³-hybridized carbons (Fsp3) is 0.364. The predicted molar refractivity (Wildman–Crippen MR) is 135 cm³/mol. The minimum atomic E-state index is -4.14. The van der Waals surface area contributed by atoms with Gasteiger partial charge in [0.15, 0.2) is 11.5 Å². The summed E-state index contributed by atoms with van der Waals surface area (Å²) in [6.45, 7) is 1.50. The fourth-order valence-corrected chi connectivity index (χ4v) is 4.86. The van der Waals surface area contributed by atoms with Crippen molar-refractivity contribution in [2.24, 2.45) is 7.05 Å². The number of hydrogen-bond acceptors (Lipinski definition) is 12. The summed E-state index contributed by atoms with van der Waals surface area (Å²) in [5.41, 5.74) is 0.985. The lowest BCUT2D eigenvalue weighted by atomic mass is 10.2. The zero-order valence-electron chi connectivity index (χ0n) is 21.6. The van der Waals surface area contributed by atoms with Gasteiger partial charge in [-0.3, -0.25) is 14.4 Å². The third-order valence-corrected chi connectivity index (χ3v) is 7.35. The zero-order valence-corrected chi connectivity index (χ0v) is 22.4. The standard InChI is InChI=1S/C22H27N9O6S/c1-13(18(35-4)15-8-7-14(34-3)11-23-15)38(32,33)29-22-27-26-19(16-9-10-30(2)28-16)31(22)17-20(36-5)24-12-25-21(17)37-6/h7-13,18H,1-6H3,(H,27,29)/t13-,18-/m0/s1. The van der Waals surface area contributed by atoms with Gasteiger partial charge in [-0.1, -0.05) is 0 Å². The van der Waals surface area contributed by atoms with Gasteiger partial charge in [0.2, 0.25) is 27.7 Å². The molecule has 0 unspecified atom stereocenters. The maximum Gasteiger partial charge on any atom is 0.245 e. The van der Waals surface area contributed by atoms with Crippen molar-refractivity contribution >= 4 is 16.0 Å². The van der Waals surface area contributed by atoms with Crippen LogP contribution in [0.15, 0.2) is 36.9 Å². The Morgan fingerprint density at radius 1 is 0.947 bits per heavy atom. The highest BCUT2D eigenvalue weighted by Crippen LogP contribution is 2.35. The monoisotopic (exact) mass is 545 g/mol. The van der Waals surface area contributed by atoms with Gasteiger partial charge in [0.1, 0.15) is 29.1 Å². The van der Waals surface area contributed by atoms with Crippen LogP contribution < -0.4 is 18.9 Å². The average molecular weight is 546 g/mol. The Morgan fingerprint density at radius 2 is 1.66 bits per heavy atom. The van der Waals surface area contributed by atoms with Gasteiger partial charge in [-0.2, -0.15) is 15.1 Å². The molecule has 0 bridgehead atoms. The molecule has 16 heteroatoms. The van der Waals surface area contributed by atoms with Crippen LogP contribution >= 0.6 is 0 Å². The molecule has 0 aliphatic heterocycles. The van der Waals surface area contributed by atoms with Crippen molar-refractivity contribution in [2.45, 2.75) is 18.3 Å². The number of ether oxygens (including phenoxy) is 4. The Balaban J connectivity index is 1.80. The van der Waals surface area contributed by atoms with E-state index >= 15 is 0 Å². The van der Waals surface area contributed by atoms with E-state index in [1.54, 1.807) is 36.1 Å². The fourth-order valence-electron chi connectivity index (χ4n) is 3.72. The van der Waals surface area contributed by atoms with E-state index in [9.17, 15) is 8.42 Å². The van der Waals surface area contributed by atoms with Gasteiger partial charge < -0.3 is 18.9 Å². The Labute approximate surface area is 218 Å². The molecule has 38 heavy (non-hydrogen) atoms. The number of hydrogen-bond donors (Lipinski definition) is 1. The van der Waals surface area contributed by atoms with Crippen LogP contribution in [0.1, 0.15) is 18.7 Å². The van der Waals surface area contributed by atoms with Gasteiger partial charge in [0.05, 0.1) is 33.2 Å². The van der Waals surface area contributed by atoms with Crippen molar-refractivity contribution in [1.29, 1.82) is 0 Å². The van der Waals surface area contributed by atoms with Crippen LogP contribution in [0.3, 0.4) is 0 Å². The number of nitrogens with zero attached hydrogens (tertiary/aromatic N) is 8. The quantitative estimate of drug-likeness (QED) is 0.288. The van der Waals surface area contributed by atoms with Gasteiger partial charge in [-0.15, -0.1) is 10.2 Å². The van der Waals surface area contributed by atoms with Crippen molar-refractivity contribution in [3.8, 4) is 34.7 Å². The lowest BCUT2D eigenvalue weighted by Crippen LogP contribution is -2.33. The molecule has 2 atom stereocenters. The molecule has 4 aromatic heterocycles. The van der Waals surface area contributed by atoms with E-state index in [1.165, 1.54) is 52.5 Å². The molecule has 4 rings (SSSR count). The minimum absolute atomic E-state index is 0.0968. The first-order valence-corrected chi connectivity index (χ1v) is 12.7. The Kier molecular flexibility index (Phi) is 7.72. The lowest BCUT2D eigenvalue weighted by molar-refractivity contribution is 0.0988. The Bertz CT molecular complexity index is 1480. The highest BCUT2D eigenvalue weighted by atomic mass is 32.2. The average Bonchev–Trinajstić information content (AvgIpc) is 3.54. The summed E-state index contributed by atoms with van der Waals surface area (Å²) in [4.78, 5) is 12.6. The first-order valence-electron chi connectivity index (χ1n) is 11.2. The SMILES string of the molecule is COc1ccc([C@@H](OC)[C@H](C)S(=O)(=O)Nc2nnc(-c3ccn(C)n3)n2-c2c(OC)ncnc2OC)nc1. The molecular formula is C22H27N9O6S. The van der Waals surface area contributed by atoms with E-state index < -0.39 is 21.4 Å². The van der Waals surface area contributed by atoms with Crippen molar-refractivity contribution in [2.75, 3.05) is 33.2 Å². The van der Waals surface area contributed by atoms with E-state index in [2.05, 4.69) is 35.0 Å². The molecule has 4 aromatic rings. The van der Waals surface area contributed by atoms with Gasteiger partial charge in [-0.05, 0) is 25.1 Å². The molecule has 0 amide bonds. The van der Waals surface area contributed by atoms with Crippen LogP contribution in [-0.4, -0.2) is 81.6 Å². The number of sulfonamides is 1. The lowest BCUT2D eigenvalue weighted by Gasteiger charge is -2.23. The number of nitrogens with one attached hydrogen (secondary N) is 1. The van der Waals surface area contributed by atoms with Gasteiger partial charge in [0.25, 0.3) is 0 Å². The first kappa shape index (κ1) is 26.7. The summed E-state index contributed by atoms with van der Waals surface area (Å²) >= 11 is 0. The summed E-state index contributed by atoms with van der Waals surface area (Å²) < 4.78 is 54.2. The number of aromatic nitrogens is 8. The largest absolute Gasteiger partial charge is 0.495 e. The normalized spacial score (nSPS) is 13.1. The van der Waals surface area contributed by atoms with Gasteiger partial charge >= 0.3 is 0 Å². The van der Waals surface area contributed by atoms with Crippen LogP contribution in [0.5, 0.6) is 17.5 Å². The molecule has 0 fully saturated rings. The summed E-state index contributed by atoms with van der Waals surface area (Å²) in [5, 5.41) is 11.6. The topological polar surface area (TPSA) is 170 Å². The number of aryl methyl sites for hydroxylation is 1. The molecule has 0 saturated heterocycles. The molecule has 0 aromatic carbocycles. The highest BCUT2D eigenvalue weighted by Gasteiger charge is 2.35. The number of anilines is 1. The first-order chi connectivity index (χ1) is 18.2. The minimum Gasteiger partial charge on any atom is -0.495 e. The van der Waals surface area contributed by atoms with Crippen LogP contribution in [-0.2, 0) is 21.8 Å². The molecular weight excluding hydrogens is 518 g/mol. The van der Waals surface area contributed by atoms with E-state index in [0.29, 0.717) is 17.1 Å². The highest BCUT2D eigenvalue weighted by molar-refractivity contribution is 7.93. The smallest absolute Gasteiger partial charge is 0.245 e. The molecule has 15 nitrogen and oxygen atoms in total. The molecule has 4 heterocycles. The van der Waals surface area contributed by atoms with Crippen LogP contribution in [0, 0.1) is 0 Å². The third-order valence-electron chi connectivity index (χ3n) is 5.66. The second kappa shape index (κ2) is 11.0. The van der Waals surface area contributed by atoms with Crippen molar-refractivity contribution in [1.82, 2.24) is 39.5 Å². The van der Waals surface area contributed by atoms with Gasteiger partial charge in [-0.25, -0.2) is 13.0 Å². The second-order valence-corrected chi connectivity index (χ2v) is 9.97.